The fourth-order valence-corrected chi connectivity index (χ4v) is 3.83. The van der Waals surface area contributed by atoms with Crippen molar-refractivity contribution in [1.29, 1.82) is 0 Å². The maximum Gasteiger partial charge on any atom is 0.253 e. The first kappa shape index (κ1) is 20.9. The highest BCUT2D eigenvalue weighted by molar-refractivity contribution is 7.92. The Morgan fingerprint density at radius 1 is 0.931 bits per heavy atom. The van der Waals surface area contributed by atoms with Gasteiger partial charge in [-0.25, -0.2) is 8.42 Å². The second-order valence-corrected chi connectivity index (χ2v) is 8.83. The van der Waals surface area contributed by atoms with Crippen molar-refractivity contribution < 1.29 is 13.2 Å². The second-order valence-electron chi connectivity index (χ2n) is 6.65. The molecular weight excluding hydrogens is 408 g/mol. The summed E-state index contributed by atoms with van der Waals surface area (Å²) in [6, 6.07) is 24.2. The first-order chi connectivity index (χ1) is 13.8. The van der Waals surface area contributed by atoms with Crippen LogP contribution in [-0.4, -0.2) is 27.1 Å². The molecule has 1 amide bonds. The number of rotatable bonds is 7. The molecule has 0 fully saturated rings. The molecular formula is C22H21ClN2O3S. The number of nitrogens with one attached hydrogen (secondary N) is 2. The van der Waals surface area contributed by atoms with Gasteiger partial charge in [-0.15, -0.1) is 0 Å². The maximum absolute atomic E-state index is 12.9. The molecule has 150 valence electrons. The molecule has 3 aromatic rings. The molecule has 0 unspecified atom stereocenters. The summed E-state index contributed by atoms with van der Waals surface area (Å²) in [5, 5.41) is 3.26. The molecule has 0 aliphatic heterocycles. The molecule has 5 nitrogen and oxygen atoms in total. The first-order valence-electron chi connectivity index (χ1n) is 8.99. The lowest BCUT2D eigenvalue weighted by Gasteiger charge is -2.19. The molecule has 0 heterocycles. The predicted octanol–water partition coefficient (Wildman–Crippen LogP) is 4.27. The smallest absolute Gasteiger partial charge is 0.253 e. The monoisotopic (exact) mass is 428 g/mol. The van der Waals surface area contributed by atoms with Crippen LogP contribution in [0.4, 0.5) is 5.69 Å². The summed E-state index contributed by atoms with van der Waals surface area (Å²) < 4.78 is 25.6. The van der Waals surface area contributed by atoms with Crippen LogP contribution in [0.15, 0.2) is 78.9 Å². The van der Waals surface area contributed by atoms with E-state index in [1.807, 2.05) is 60.7 Å². The summed E-state index contributed by atoms with van der Waals surface area (Å²) in [4.78, 5) is 12.9. The van der Waals surface area contributed by atoms with Gasteiger partial charge in [-0.2, -0.15) is 0 Å². The Balaban J connectivity index is 1.85. The highest BCUT2D eigenvalue weighted by Crippen LogP contribution is 2.25. The quantitative estimate of drug-likeness (QED) is 0.590. The molecule has 0 radical (unpaired) electrons. The Bertz CT molecular complexity index is 1050. The van der Waals surface area contributed by atoms with Crippen molar-refractivity contribution in [3.63, 3.8) is 0 Å². The molecule has 3 rings (SSSR count). The summed E-state index contributed by atoms with van der Waals surface area (Å²) >= 11 is 6.03. The number of amides is 1. The van der Waals surface area contributed by atoms with Crippen molar-refractivity contribution in [2.24, 2.45) is 0 Å². The van der Waals surface area contributed by atoms with Crippen molar-refractivity contribution in [3.05, 3.63) is 101 Å². The minimum atomic E-state index is -3.54. The number of sulfonamides is 1. The zero-order valence-electron chi connectivity index (χ0n) is 15.8. The van der Waals surface area contributed by atoms with Gasteiger partial charge in [-0.1, -0.05) is 72.3 Å². The number of hydrogen-bond acceptors (Lipinski definition) is 3. The third-order valence-corrected chi connectivity index (χ3v) is 5.22. The molecule has 0 atom stereocenters. The summed E-state index contributed by atoms with van der Waals surface area (Å²) in [5.74, 6) is -0.456. The molecule has 29 heavy (non-hydrogen) atoms. The fraction of sp³-hybridized carbons (Fsp3) is 0.136. The lowest BCUT2D eigenvalue weighted by atomic mass is 9.91. The Morgan fingerprint density at radius 2 is 1.48 bits per heavy atom. The molecule has 0 saturated heterocycles. The number of benzene rings is 3. The van der Waals surface area contributed by atoms with Crippen LogP contribution in [0.5, 0.6) is 0 Å². The van der Waals surface area contributed by atoms with Gasteiger partial charge in [0.15, 0.2) is 0 Å². The summed E-state index contributed by atoms with van der Waals surface area (Å²) in [7, 11) is -3.54. The molecule has 0 saturated carbocycles. The largest absolute Gasteiger partial charge is 0.351 e. The van der Waals surface area contributed by atoms with Crippen molar-refractivity contribution >= 4 is 33.2 Å². The molecule has 0 aliphatic carbocycles. The van der Waals surface area contributed by atoms with Crippen molar-refractivity contribution in [2.45, 2.75) is 5.92 Å². The normalized spacial score (nSPS) is 11.3. The van der Waals surface area contributed by atoms with Crippen LogP contribution >= 0.6 is 11.6 Å². The van der Waals surface area contributed by atoms with E-state index < -0.39 is 15.9 Å². The van der Waals surface area contributed by atoms with Crippen molar-refractivity contribution in [1.82, 2.24) is 5.32 Å². The lowest BCUT2D eigenvalue weighted by Crippen LogP contribution is -2.30. The number of hydrogen-bond donors (Lipinski definition) is 2. The van der Waals surface area contributed by atoms with Crippen molar-refractivity contribution in [2.75, 3.05) is 17.5 Å². The van der Waals surface area contributed by atoms with E-state index in [0.29, 0.717) is 11.6 Å². The minimum absolute atomic E-state index is 0.0492. The van der Waals surface area contributed by atoms with Gasteiger partial charge in [0.05, 0.1) is 17.5 Å². The van der Waals surface area contributed by atoms with Crippen LogP contribution in [0.2, 0.25) is 5.02 Å². The predicted molar refractivity (Wildman–Crippen MR) is 117 cm³/mol. The Labute approximate surface area is 175 Å². The van der Waals surface area contributed by atoms with Gasteiger partial charge in [-0.05, 0) is 29.3 Å². The van der Waals surface area contributed by atoms with Gasteiger partial charge in [0, 0.05) is 17.5 Å². The number of carbonyl (C=O) groups is 1. The van der Waals surface area contributed by atoms with E-state index in [4.69, 9.17) is 11.6 Å². The second kappa shape index (κ2) is 9.11. The van der Waals surface area contributed by atoms with Crippen LogP contribution in [-0.2, 0) is 10.0 Å². The third kappa shape index (κ3) is 5.82. The highest BCUT2D eigenvalue weighted by atomic mass is 35.5. The minimum Gasteiger partial charge on any atom is -0.351 e. The third-order valence-electron chi connectivity index (χ3n) is 4.39. The highest BCUT2D eigenvalue weighted by Gasteiger charge is 2.18. The number of halogens is 1. The first-order valence-corrected chi connectivity index (χ1v) is 11.3. The van der Waals surface area contributed by atoms with Gasteiger partial charge in [0.2, 0.25) is 10.0 Å². The molecule has 0 aromatic heterocycles. The average Bonchev–Trinajstić information content (AvgIpc) is 2.70. The van der Waals surface area contributed by atoms with E-state index >= 15 is 0 Å². The van der Waals surface area contributed by atoms with Crippen LogP contribution in [0, 0.1) is 0 Å². The SMILES string of the molecule is CS(=O)(=O)Nc1ccc(Cl)cc1C(=O)NCC(c1ccccc1)c1ccccc1. The molecule has 0 spiro atoms. The molecule has 2 N–H and O–H groups in total. The van der Waals surface area contributed by atoms with Crippen LogP contribution in [0.3, 0.4) is 0 Å². The fourth-order valence-electron chi connectivity index (χ4n) is 3.08. The van der Waals surface area contributed by atoms with Gasteiger partial charge >= 0.3 is 0 Å². The summed E-state index contributed by atoms with van der Waals surface area (Å²) in [5.41, 5.74) is 2.49. The molecule has 7 heteroatoms. The summed E-state index contributed by atoms with van der Waals surface area (Å²) in [6.45, 7) is 0.345. The Hall–Kier alpha value is -2.83. The van der Waals surface area contributed by atoms with E-state index in [-0.39, 0.29) is 17.2 Å². The van der Waals surface area contributed by atoms with Crippen LogP contribution in [0.25, 0.3) is 0 Å². The number of anilines is 1. The van der Waals surface area contributed by atoms with Crippen LogP contribution in [0.1, 0.15) is 27.4 Å². The number of carbonyl (C=O) groups excluding carboxylic acids is 1. The van der Waals surface area contributed by atoms with Gasteiger partial charge in [0.1, 0.15) is 0 Å². The standard InChI is InChI=1S/C22H21ClN2O3S/c1-29(27,28)25-21-13-12-18(23)14-19(21)22(26)24-15-20(16-8-4-2-5-9-16)17-10-6-3-7-11-17/h2-14,20,25H,15H2,1H3,(H,24,26). The topological polar surface area (TPSA) is 75.3 Å². The zero-order chi connectivity index (χ0) is 20.9. The van der Waals surface area contributed by atoms with E-state index in [1.54, 1.807) is 0 Å². The molecule has 0 aliphatic rings. The van der Waals surface area contributed by atoms with Gasteiger partial charge in [0.25, 0.3) is 5.91 Å². The van der Waals surface area contributed by atoms with Gasteiger partial charge in [-0.3, -0.25) is 9.52 Å². The van der Waals surface area contributed by atoms with E-state index in [0.717, 1.165) is 17.4 Å². The molecule has 0 bridgehead atoms. The van der Waals surface area contributed by atoms with Crippen molar-refractivity contribution in [3.8, 4) is 0 Å². The Morgan fingerprint density at radius 3 is 2.00 bits per heavy atom. The van der Waals surface area contributed by atoms with E-state index in [2.05, 4.69) is 10.0 Å². The van der Waals surface area contributed by atoms with Crippen LogP contribution < -0.4 is 10.0 Å². The summed E-state index contributed by atoms with van der Waals surface area (Å²) in [6.07, 6.45) is 1.03. The average molecular weight is 429 g/mol. The van der Waals surface area contributed by atoms with Gasteiger partial charge < -0.3 is 5.32 Å². The Kier molecular flexibility index (Phi) is 6.56. The lowest BCUT2D eigenvalue weighted by molar-refractivity contribution is 0.0953. The van der Waals surface area contributed by atoms with E-state index in [9.17, 15) is 13.2 Å². The molecule has 3 aromatic carbocycles. The maximum atomic E-state index is 12.9. The van der Waals surface area contributed by atoms with E-state index in [1.165, 1.54) is 18.2 Å². The zero-order valence-corrected chi connectivity index (χ0v) is 17.4.